The number of nitrogens with one attached hydrogen (secondary N) is 2. The fourth-order valence-corrected chi connectivity index (χ4v) is 1.60. The van der Waals surface area contributed by atoms with Gasteiger partial charge in [-0.25, -0.2) is 0 Å². The summed E-state index contributed by atoms with van der Waals surface area (Å²) in [5.74, 6) is 0.628. The molecule has 0 saturated carbocycles. The van der Waals surface area contributed by atoms with Gasteiger partial charge in [0.1, 0.15) is 0 Å². The lowest BCUT2D eigenvalue weighted by Crippen LogP contribution is -2.30. The smallest absolute Gasteiger partial charge is 0.221 e. The summed E-state index contributed by atoms with van der Waals surface area (Å²) < 4.78 is 1.87. The Morgan fingerprint density at radius 3 is 2.83 bits per heavy atom. The summed E-state index contributed by atoms with van der Waals surface area (Å²) in [7, 11) is 1.94. The number of amides is 1. The second kappa shape index (κ2) is 7.87. The van der Waals surface area contributed by atoms with Crippen LogP contribution in [-0.4, -0.2) is 35.3 Å². The van der Waals surface area contributed by atoms with Crippen molar-refractivity contribution in [2.75, 3.05) is 19.6 Å². The van der Waals surface area contributed by atoms with Crippen LogP contribution in [0.5, 0.6) is 0 Å². The van der Waals surface area contributed by atoms with E-state index in [1.807, 2.05) is 17.8 Å². The molecule has 1 aromatic rings. The van der Waals surface area contributed by atoms with Gasteiger partial charge in [-0.05, 0) is 12.0 Å². The fourth-order valence-electron chi connectivity index (χ4n) is 1.60. The Hall–Kier alpha value is -1.36. The zero-order valence-corrected chi connectivity index (χ0v) is 11.6. The third kappa shape index (κ3) is 5.82. The third-order valence-electron chi connectivity index (χ3n) is 2.72. The molecule has 0 aliphatic carbocycles. The normalized spacial score (nSPS) is 10.9. The molecule has 0 fully saturated rings. The van der Waals surface area contributed by atoms with E-state index < -0.39 is 0 Å². The zero-order chi connectivity index (χ0) is 13.4. The Kier molecular flexibility index (Phi) is 6.43. The summed E-state index contributed by atoms with van der Waals surface area (Å²) in [4.78, 5) is 11.4. The zero-order valence-electron chi connectivity index (χ0n) is 11.6. The van der Waals surface area contributed by atoms with E-state index in [2.05, 4.69) is 29.6 Å². The highest BCUT2D eigenvalue weighted by atomic mass is 16.1. The largest absolute Gasteiger partial charge is 0.356 e. The van der Waals surface area contributed by atoms with Crippen LogP contribution in [0, 0.1) is 5.92 Å². The molecule has 5 nitrogen and oxygen atoms in total. The summed E-state index contributed by atoms with van der Waals surface area (Å²) >= 11 is 0. The molecule has 0 aliphatic rings. The maximum atomic E-state index is 11.4. The number of carbonyl (C=O) groups excluding carboxylic acids is 1. The molecule has 1 rings (SSSR count). The topological polar surface area (TPSA) is 59.0 Å². The molecule has 0 saturated heterocycles. The van der Waals surface area contributed by atoms with E-state index in [0.717, 1.165) is 26.1 Å². The summed E-state index contributed by atoms with van der Waals surface area (Å²) in [6.45, 7) is 6.53. The standard InChI is InChI=1S/C13H24N4O/c1-11(2)10-15-13(18)6-8-14-7-4-12-5-9-16-17(12)3/h5,9,11,14H,4,6-8,10H2,1-3H3,(H,15,18). The van der Waals surface area contributed by atoms with Gasteiger partial charge in [0.05, 0.1) is 0 Å². The molecular formula is C13H24N4O. The first-order valence-corrected chi connectivity index (χ1v) is 6.54. The van der Waals surface area contributed by atoms with Crippen LogP contribution < -0.4 is 10.6 Å². The predicted molar refractivity (Wildman–Crippen MR) is 72.2 cm³/mol. The minimum absolute atomic E-state index is 0.122. The van der Waals surface area contributed by atoms with E-state index in [1.54, 1.807) is 6.20 Å². The maximum Gasteiger partial charge on any atom is 0.221 e. The Morgan fingerprint density at radius 2 is 2.22 bits per heavy atom. The van der Waals surface area contributed by atoms with Gasteiger partial charge in [-0.1, -0.05) is 13.8 Å². The van der Waals surface area contributed by atoms with Crippen molar-refractivity contribution < 1.29 is 4.79 Å². The Morgan fingerprint density at radius 1 is 1.44 bits per heavy atom. The number of hydrogen-bond donors (Lipinski definition) is 2. The van der Waals surface area contributed by atoms with Gasteiger partial charge in [-0.3, -0.25) is 9.48 Å². The van der Waals surface area contributed by atoms with Crippen molar-refractivity contribution in [2.45, 2.75) is 26.7 Å². The number of hydrogen-bond acceptors (Lipinski definition) is 3. The van der Waals surface area contributed by atoms with Gasteiger partial charge >= 0.3 is 0 Å². The number of aryl methyl sites for hydroxylation is 1. The molecule has 2 N–H and O–H groups in total. The quantitative estimate of drug-likeness (QED) is 0.670. The molecule has 0 radical (unpaired) electrons. The Balaban J connectivity index is 2.02. The fraction of sp³-hybridized carbons (Fsp3) is 0.692. The van der Waals surface area contributed by atoms with Crippen molar-refractivity contribution in [3.63, 3.8) is 0 Å². The van der Waals surface area contributed by atoms with Crippen LogP contribution in [-0.2, 0) is 18.3 Å². The van der Waals surface area contributed by atoms with Crippen LogP contribution in [0.2, 0.25) is 0 Å². The molecule has 18 heavy (non-hydrogen) atoms. The first kappa shape index (κ1) is 14.7. The second-order valence-corrected chi connectivity index (χ2v) is 4.89. The molecular weight excluding hydrogens is 228 g/mol. The number of carbonyl (C=O) groups is 1. The van der Waals surface area contributed by atoms with E-state index >= 15 is 0 Å². The number of rotatable bonds is 8. The predicted octanol–water partition coefficient (Wildman–Crippen LogP) is 0.715. The van der Waals surface area contributed by atoms with Crippen molar-refractivity contribution in [1.82, 2.24) is 20.4 Å². The number of nitrogens with zero attached hydrogens (tertiary/aromatic N) is 2. The van der Waals surface area contributed by atoms with Gasteiger partial charge in [0.15, 0.2) is 0 Å². The van der Waals surface area contributed by atoms with Crippen LogP contribution in [0.3, 0.4) is 0 Å². The molecule has 0 spiro atoms. The van der Waals surface area contributed by atoms with Crippen LogP contribution >= 0.6 is 0 Å². The maximum absolute atomic E-state index is 11.4. The van der Waals surface area contributed by atoms with Crippen molar-refractivity contribution in [2.24, 2.45) is 13.0 Å². The van der Waals surface area contributed by atoms with Crippen molar-refractivity contribution >= 4 is 5.91 Å². The Labute approximate surface area is 109 Å². The molecule has 102 valence electrons. The van der Waals surface area contributed by atoms with Gasteiger partial charge in [0, 0.05) is 51.4 Å². The van der Waals surface area contributed by atoms with Gasteiger partial charge in [-0.15, -0.1) is 0 Å². The lowest BCUT2D eigenvalue weighted by atomic mass is 10.2. The van der Waals surface area contributed by atoms with Crippen LogP contribution in [0.1, 0.15) is 26.0 Å². The average Bonchev–Trinajstić information content (AvgIpc) is 2.72. The van der Waals surface area contributed by atoms with E-state index in [1.165, 1.54) is 5.69 Å². The van der Waals surface area contributed by atoms with E-state index in [9.17, 15) is 4.79 Å². The van der Waals surface area contributed by atoms with Crippen LogP contribution in [0.4, 0.5) is 0 Å². The van der Waals surface area contributed by atoms with Crippen molar-refractivity contribution in [3.05, 3.63) is 18.0 Å². The monoisotopic (exact) mass is 252 g/mol. The average molecular weight is 252 g/mol. The molecule has 1 heterocycles. The summed E-state index contributed by atoms with van der Waals surface area (Å²) in [5.41, 5.74) is 1.20. The molecule has 1 amide bonds. The molecule has 0 unspecified atom stereocenters. The van der Waals surface area contributed by atoms with Crippen molar-refractivity contribution in [3.8, 4) is 0 Å². The molecule has 5 heteroatoms. The second-order valence-electron chi connectivity index (χ2n) is 4.89. The summed E-state index contributed by atoms with van der Waals surface area (Å²) in [5, 5.41) is 10.3. The third-order valence-corrected chi connectivity index (χ3v) is 2.72. The van der Waals surface area contributed by atoms with E-state index in [0.29, 0.717) is 12.3 Å². The minimum atomic E-state index is 0.122. The molecule has 0 aliphatic heterocycles. The molecule has 1 aromatic heterocycles. The van der Waals surface area contributed by atoms with Crippen LogP contribution in [0.15, 0.2) is 12.3 Å². The van der Waals surface area contributed by atoms with Gasteiger partial charge in [0.2, 0.25) is 5.91 Å². The summed E-state index contributed by atoms with van der Waals surface area (Å²) in [6, 6.07) is 2.01. The van der Waals surface area contributed by atoms with Crippen LogP contribution in [0.25, 0.3) is 0 Å². The van der Waals surface area contributed by atoms with Gasteiger partial charge < -0.3 is 10.6 Å². The SMILES string of the molecule is CC(C)CNC(=O)CCNCCc1ccnn1C. The Bertz CT molecular complexity index is 360. The molecule has 0 bridgehead atoms. The van der Waals surface area contributed by atoms with E-state index in [4.69, 9.17) is 0 Å². The van der Waals surface area contributed by atoms with E-state index in [-0.39, 0.29) is 5.91 Å². The highest BCUT2D eigenvalue weighted by Crippen LogP contribution is 1.95. The lowest BCUT2D eigenvalue weighted by Gasteiger charge is -2.08. The highest BCUT2D eigenvalue weighted by molar-refractivity contribution is 5.76. The first-order valence-electron chi connectivity index (χ1n) is 6.54. The minimum Gasteiger partial charge on any atom is -0.356 e. The molecule has 0 atom stereocenters. The summed E-state index contributed by atoms with van der Waals surface area (Å²) in [6.07, 6.45) is 3.27. The lowest BCUT2D eigenvalue weighted by molar-refractivity contribution is -0.121. The molecule has 0 aromatic carbocycles. The van der Waals surface area contributed by atoms with Gasteiger partial charge in [-0.2, -0.15) is 5.10 Å². The van der Waals surface area contributed by atoms with Gasteiger partial charge in [0.25, 0.3) is 0 Å². The number of aromatic nitrogens is 2. The van der Waals surface area contributed by atoms with Crippen molar-refractivity contribution in [1.29, 1.82) is 0 Å². The first-order chi connectivity index (χ1) is 8.59. The highest BCUT2D eigenvalue weighted by Gasteiger charge is 2.02.